The van der Waals surface area contributed by atoms with Crippen molar-refractivity contribution in [2.45, 2.75) is 53.4 Å². The molecular weight excluding hydrogens is 228 g/mol. The molecule has 1 saturated carbocycles. The SMILES string of the molecule is CC=Cc1cc(C(C)=CC)cc(C2CCC2C)c1C. The van der Waals surface area contributed by atoms with Crippen LogP contribution in [0.2, 0.25) is 0 Å². The van der Waals surface area contributed by atoms with Crippen molar-refractivity contribution in [2.24, 2.45) is 5.92 Å². The molecule has 0 radical (unpaired) electrons. The molecule has 0 spiro atoms. The van der Waals surface area contributed by atoms with Crippen molar-refractivity contribution in [1.29, 1.82) is 0 Å². The lowest BCUT2D eigenvalue weighted by Crippen LogP contribution is -2.22. The molecule has 2 unspecified atom stereocenters. The fourth-order valence-electron chi connectivity index (χ4n) is 3.02. The molecular formula is C19H26. The Balaban J connectivity index is 2.54. The number of benzene rings is 1. The van der Waals surface area contributed by atoms with Crippen LogP contribution in [-0.4, -0.2) is 0 Å². The van der Waals surface area contributed by atoms with Gasteiger partial charge in [-0.05, 0) is 86.3 Å². The molecule has 1 aliphatic carbocycles. The third-order valence-corrected chi connectivity index (χ3v) is 4.74. The highest BCUT2D eigenvalue weighted by Gasteiger charge is 2.29. The Kier molecular flexibility index (Phi) is 4.29. The van der Waals surface area contributed by atoms with Gasteiger partial charge < -0.3 is 0 Å². The van der Waals surface area contributed by atoms with Crippen LogP contribution in [0.4, 0.5) is 0 Å². The topological polar surface area (TPSA) is 0 Å². The van der Waals surface area contributed by atoms with Crippen LogP contribution in [0.1, 0.15) is 68.7 Å². The third-order valence-electron chi connectivity index (χ3n) is 4.74. The molecule has 1 aliphatic rings. The first kappa shape index (κ1) is 14.1. The summed E-state index contributed by atoms with van der Waals surface area (Å²) in [7, 11) is 0. The summed E-state index contributed by atoms with van der Waals surface area (Å²) in [6, 6.07) is 4.76. The summed E-state index contributed by atoms with van der Waals surface area (Å²) < 4.78 is 0. The third kappa shape index (κ3) is 2.68. The quantitative estimate of drug-likeness (QED) is 0.624. The van der Waals surface area contributed by atoms with Gasteiger partial charge in [0.1, 0.15) is 0 Å². The molecule has 102 valence electrons. The van der Waals surface area contributed by atoms with Gasteiger partial charge in [-0.25, -0.2) is 0 Å². The molecule has 2 rings (SSSR count). The summed E-state index contributed by atoms with van der Waals surface area (Å²) in [5, 5.41) is 0. The first-order valence-corrected chi connectivity index (χ1v) is 7.49. The van der Waals surface area contributed by atoms with Gasteiger partial charge in [0, 0.05) is 0 Å². The van der Waals surface area contributed by atoms with E-state index in [1.165, 1.54) is 35.1 Å². The predicted octanol–water partition coefficient (Wildman–Crippen LogP) is 5.96. The van der Waals surface area contributed by atoms with Gasteiger partial charge in [-0.3, -0.25) is 0 Å². The van der Waals surface area contributed by atoms with E-state index in [-0.39, 0.29) is 0 Å². The lowest BCUT2D eigenvalue weighted by atomic mass is 9.69. The van der Waals surface area contributed by atoms with Crippen molar-refractivity contribution in [1.82, 2.24) is 0 Å². The van der Waals surface area contributed by atoms with E-state index >= 15 is 0 Å². The van der Waals surface area contributed by atoms with Gasteiger partial charge in [-0.1, -0.05) is 31.2 Å². The minimum Gasteiger partial charge on any atom is -0.0871 e. The lowest BCUT2D eigenvalue weighted by molar-refractivity contribution is 0.279. The summed E-state index contributed by atoms with van der Waals surface area (Å²) in [6.45, 7) is 11.1. The van der Waals surface area contributed by atoms with Crippen molar-refractivity contribution < 1.29 is 0 Å². The molecule has 0 aliphatic heterocycles. The summed E-state index contributed by atoms with van der Waals surface area (Å²) in [5.41, 5.74) is 7.19. The highest BCUT2D eigenvalue weighted by molar-refractivity contribution is 5.69. The average Bonchev–Trinajstić information content (AvgIpc) is 2.40. The zero-order valence-electron chi connectivity index (χ0n) is 13.0. The molecule has 0 bridgehead atoms. The Hall–Kier alpha value is -1.30. The fraction of sp³-hybridized carbons (Fsp3) is 0.474. The smallest absolute Gasteiger partial charge is 0.0133 e. The molecule has 1 aromatic carbocycles. The molecule has 0 heterocycles. The Bertz CT molecular complexity index is 517. The van der Waals surface area contributed by atoms with Gasteiger partial charge in [-0.2, -0.15) is 0 Å². The summed E-state index contributed by atoms with van der Waals surface area (Å²) >= 11 is 0. The molecule has 0 heteroatoms. The van der Waals surface area contributed by atoms with Crippen LogP contribution in [0.3, 0.4) is 0 Å². The van der Waals surface area contributed by atoms with Gasteiger partial charge in [0.05, 0.1) is 0 Å². The van der Waals surface area contributed by atoms with E-state index in [1.54, 1.807) is 5.56 Å². The molecule has 0 amide bonds. The fourth-order valence-corrected chi connectivity index (χ4v) is 3.02. The standard InChI is InChI=1S/C19H26/c1-6-8-16-11-17(13(3)7-2)12-19(15(16)5)18-10-9-14(18)4/h6-8,11-12,14,18H,9-10H2,1-5H3. The van der Waals surface area contributed by atoms with E-state index < -0.39 is 0 Å². The second-order valence-corrected chi connectivity index (χ2v) is 5.91. The maximum atomic E-state index is 2.43. The number of hydrogen-bond donors (Lipinski definition) is 0. The van der Waals surface area contributed by atoms with Crippen molar-refractivity contribution in [3.63, 3.8) is 0 Å². The molecule has 0 saturated heterocycles. The van der Waals surface area contributed by atoms with Crippen LogP contribution < -0.4 is 0 Å². The van der Waals surface area contributed by atoms with E-state index in [1.807, 2.05) is 0 Å². The van der Waals surface area contributed by atoms with E-state index in [2.05, 4.69) is 65.0 Å². The van der Waals surface area contributed by atoms with Gasteiger partial charge in [0.2, 0.25) is 0 Å². The summed E-state index contributed by atoms with van der Waals surface area (Å²) in [4.78, 5) is 0. The van der Waals surface area contributed by atoms with Crippen LogP contribution >= 0.6 is 0 Å². The monoisotopic (exact) mass is 254 g/mol. The van der Waals surface area contributed by atoms with Crippen molar-refractivity contribution in [3.05, 3.63) is 46.5 Å². The van der Waals surface area contributed by atoms with E-state index in [0.29, 0.717) is 0 Å². The van der Waals surface area contributed by atoms with Gasteiger partial charge in [0.15, 0.2) is 0 Å². The first-order chi connectivity index (χ1) is 9.08. The number of allylic oxidation sites excluding steroid dienone is 3. The summed E-state index contributed by atoms with van der Waals surface area (Å²) in [5.74, 6) is 1.62. The second kappa shape index (κ2) is 5.77. The lowest BCUT2D eigenvalue weighted by Gasteiger charge is -2.36. The van der Waals surface area contributed by atoms with Crippen LogP contribution in [0.5, 0.6) is 0 Å². The van der Waals surface area contributed by atoms with E-state index in [0.717, 1.165) is 11.8 Å². The van der Waals surface area contributed by atoms with Crippen molar-refractivity contribution in [2.75, 3.05) is 0 Å². The highest BCUT2D eigenvalue weighted by Crippen LogP contribution is 2.44. The van der Waals surface area contributed by atoms with Crippen LogP contribution in [0.25, 0.3) is 11.6 Å². The van der Waals surface area contributed by atoms with Gasteiger partial charge in [0.25, 0.3) is 0 Å². The maximum absolute atomic E-state index is 2.43. The van der Waals surface area contributed by atoms with Crippen LogP contribution in [0, 0.1) is 12.8 Å². The largest absolute Gasteiger partial charge is 0.0871 e. The summed E-state index contributed by atoms with van der Waals surface area (Å²) in [6.07, 6.45) is 9.34. The molecule has 2 atom stereocenters. The van der Waals surface area contributed by atoms with E-state index in [4.69, 9.17) is 0 Å². The molecule has 0 N–H and O–H groups in total. The molecule has 1 fully saturated rings. The molecule has 0 aromatic heterocycles. The molecule has 1 aromatic rings. The Morgan fingerprint density at radius 3 is 2.42 bits per heavy atom. The minimum absolute atomic E-state index is 0.772. The number of rotatable bonds is 3. The normalized spacial score (nSPS) is 23.7. The second-order valence-electron chi connectivity index (χ2n) is 5.91. The van der Waals surface area contributed by atoms with Crippen molar-refractivity contribution in [3.8, 4) is 0 Å². The Labute approximate surface area is 118 Å². The molecule has 19 heavy (non-hydrogen) atoms. The Morgan fingerprint density at radius 1 is 1.21 bits per heavy atom. The Morgan fingerprint density at radius 2 is 1.95 bits per heavy atom. The van der Waals surface area contributed by atoms with Crippen LogP contribution in [0.15, 0.2) is 24.3 Å². The molecule has 0 nitrogen and oxygen atoms in total. The zero-order valence-corrected chi connectivity index (χ0v) is 13.0. The minimum atomic E-state index is 0.772. The van der Waals surface area contributed by atoms with Gasteiger partial charge >= 0.3 is 0 Å². The first-order valence-electron chi connectivity index (χ1n) is 7.49. The van der Waals surface area contributed by atoms with E-state index in [9.17, 15) is 0 Å². The van der Waals surface area contributed by atoms with Gasteiger partial charge in [-0.15, -0.1) is 0 Å². The van der Waals surface area contributed by atoms with Crippen LogP contribution in [-0.2, 0) is 0 Å². The average molecular weight is 254 g/mol. The predicted molar refractivity (Wildman–Crippen MR) is 86.4 cm³/mol. The number of hydrogen-bond acceptors (Lipinski definition) is 0. The van der Waals surface area contributed by atoms with Crippen molar-refractivity contribution >= 4 is 11.6 Å². The highest BCUT2D eigenvalue weighted by atomic mass is 14.3. The zero-order chi connectivity index (χ0) is 14.0. The maximum Gasteiger partial charge on any atom is -0.0133 e.